The normalized spacial score (nSPS) is 17.0. The number of aryl methyl sites for hydroxylation is 1. The summed E-state index contributed by atoms with van der Waals surface area (Å²) in [6.45, 7) is 2.22. The molecule has 1 aliphatic rings. The average Bonchev–Trinajstić information content (AvgIpc) is 3.04. The zero-order valence-electron chi connectivity index (χ0n) is 15.6. The summed E-state index contributed by atoms with van der Waals surface area (Å²) in [7, 11) is -3.54. The van der Waals surface area contributed by atoms with Crippen LogP contribution in [0.1, 0.15) is 18.9 Å². The van der Waals surface area contributed by atoms with Crippen molar-refractivity contribution in [3.8, 4) is 0 Å². The zero-order valence-corrected chi connectivity index (χ0v) is 16.4. The number of amides is 2. The molecule has 2 amide bonds. The SMILES string of the molecule is CCc1ccc(N2CC(C(=O)Nc3cc(S(C)(=O)=O)ccc3F)CC2=O)cc1. The highest BCUT2D eigenvalue weighted by Crippen LogP contribution is 2.27. The van der Waals surface area contributed by atoms with Crippen molar-refractivity contribution in [2.75, 3.05) is 23.0 Å². The quantitative estimate of drug-likeness (QED) is 0.777. The van der Waals surface area contributed by atoms with Crippen molar-refractivity contribution in [3.05, 3.63) is 53.8 Å². The van der Waals surface area contributed by atoms with Crippen LogP contribution in [0.15, 0.2) is 47.4 Å². The number of hydrogen-bond donors (Lipinski definition) is 1. The van der Waals surface area contributed by atoms with Gasteiger partial charge in [-0.25, -0.2) is 12.8 Å². The van der Waals surface area contributed by atoms with E-state index in [0.717, 1.165) is 36.4 Å². The minimum atomic E-state index is -3.54. The van der Waals surface area contributed by atoms with Crippen molar-refractivity contribution >= 4 is 33.0 Å². The van der Waals surface area contributed by atoms with Crippen LogP contribution in [0.3, 0.4) is 0 Å². The lowest BCUT2D eigenvalue weighted by atomic mass is 10.1. The minimum absolute atomic E-state index is 0.00868. The molecule has 1 aliphatic heterocycles. The summed E-state index contributed by atoms with van der Waals surface area (Å²) in [6.07, 6.45) is 1.90. The third-order valence-electron chi connectivity index (χ3n) is 4.78. The highest BCUT2D eigenvalue weighted by Gasteiger charge is 2.35. The van der Waals surface area contributed by atoms with E-state index in [2.05, 4.69) is 5.32 Å². The van der Waals surface area contributed by atoms with Crippen LogP contribution >= 0.6 is 0 Å². The third kappa shape index (κ3) is 4.22. The van der Waals surface area contributed by atoms with Crippen LogP contribution in [-0.2, 0) is 25.8 Å². The third-order valence-corrected chi connectivity index (χ3v) is 5.89. The first-order valence-electron chi connectivity index (χ1n) is 8.89. The van der Waals surface area contributed by atoms with Gasteiger partial charge in [-0.2, -0.15) is 0 Å². The number of rotatable bonds is 5. The van der Waals surface area contributed by atoms with Gasteiger partial charge in [0.15, 0.2) is 9.84 Å². The van der Waals surface area contributed by atoms with E-state index < -0.39 is 27.5 Å². The molecule has 28 heavy (non-hydrogen) atoms. The van der Waals surface area contributed by atoms with Gasteiger partial charge in [-0.1, -0.05) is 19.1 Å². The molecule has 3 rings (SSSR count). The van der Waals surface area contributed by atoms with E-state index in [1.165, 1.54) is 4.90 Å². The molecule has 1 saturated heterocycles. The molecule has 2 aromatic rings. The Morgan fingerprint density at radius 3 is 2.50 bits per heavy atom. The van der Waals surface area contributed by atoms with Crippen molar-refractivity contribution < 1.29 is 22.4 Å². The smallest absolute Gasteiger partial charge is 0.229 e. The fraction of sp³-hybridized carbons (Fsp3) is 0.300. The van der Waals surface area contributed by atoms with Gasteiger partial charge in [0.05, 0.1) is 16.5 Å². The molecule has 1 atom stereocenters. The number of carbonyl (C=O) groups is 2. The highest BCUT2D eigenvalue weighted by molar-refractivity contribution is 7.90. The van der Waals surface area contributed by atoms with Crippen molar-refractivity contribution in [2.45, 2.75) is 24.7 Å². The Kier molecular flexibility index (Phi) is 5.51. The molecule has 0 saturated carbocycles. The number of nitrogens with one attached hydrogen (secondary N) is 1. The predicted octanol–water partition coefficient (Wildman–Crippen LogP) is 2.78. The van der Waals surface area contributed by atoms with Crippen LogP contribution in [0.5, 0.6) is 0 Å². The van der Waals surface area contributed by atoms with Gasteiger partial charge in [-0.15, -0.1) is 0 Å². The van der Waals surface area contributed by atoms with Crippen molar-refractivity contribution in [1.29, 1.82) is 0 Å². The maximum Gasteiger partial charge on any atom is 0.229 e. The van der Waals surface area contributed by atoms with Crippen molar-refractivity contribution in [2.24, 2.45) is 5.92 Å². The van der Waals surface area contributed by atoms with E-state index in [-0.39, 0.29) is 29.5 Å². The predicted molar refractivity (Wildman–Crippen MR) is 104 cm³/mol. The summed E-state index contributed by atoms with van der Waals surface area (Å²) in [4.78, 5) is 26.3. The second-order valence-electron chi connectivity index (χ2n) is 6.83. The maximum absolute atomic E-state index is 14.0. The van der Waals surface area contributed by atoms with Gasteiger partial charge in [0, 0.05) is 24.9 Å². The number of hydrogen-bond acceptors (Lipinski definition) is 4. The lowest BCUT2D eigenvalue weighted by molar-refractivity contribution is -0.122. The van der Waals surface area contributed by atoms with E-state index in [1.807, 2.05) is 31.2 Å². The molecule has 0 bridgehead atoms. The van der Waals surface area contributed by atoms with Gasteiger partial charge in [0.25, 0.3) is 0 Å². The van der Waals surface area contributed by atoms with E-state index in [9.17, 15) is 22.4 Å². The molecule has 8 heteroatoms. The number of carbonyl (C=O) groups excluding carboxylic acids is 2. The van der Waals surface area contributed by atoms with Crippen LogP contribution in [0.25, 0.3) is 0 Å². The number of nitrogens with zero attached hydrogens (tertiary/aromatic N) is 1. The highest BCUT2D eigenvalue weighted by atomic mass is 32.2. The fourth-order valence-corrected chi connectivity index (χ4v) is 3.76. The van der Waals surface area contributed by atoms with Crippen LogP contribution < -0.4 is 10.2 Å². The lowest BCUT2D eigenvalue weighted by Gasteiger charge is -2.17. The average molecular weight is 404 g/mol. The van der Waals surface area contributed by atoms with Crippen molar-refractivity contribution in [3.63, 3.8) is 0 Å². The Labute approximate surface area is 163 Å². The van der Waals surface area contributed by atoms with E-state index >= 15 is 0 Å². The van der Waals surface area contributed by atoms with Gasteiger partial charge in [0.1, 0.15) is 5.82 Å². The molecule has 6 nitrogen and oxygen atoms in total. The molecule has 0 aliphatic carbocycles. The monoisotopic (exact) mass is 404 g/mol. The van der Waals surface area contributed by atoms with E-state index in [4.69, 9.17) is 0 Å². The molecular formula is C20H21FN2O4S. The molecule has 2 aromatic carbocycles. The molecule has 1 fully saturated rings. The molecule has 148 valence electrons. The van der Waals surface area contributed by atoms with E-state index in [0.29, 0.717) is 5.69 Å². The number of sulfone groups is 1. The van der Waals surface area contributed by atoms with E-state index in [1.54, 1.807) is 0 Å². The van der Waals surface area contributed by atoms with Crippen LogP contribution in [0, 0.1) is 11.7 Å². The molecule has 1 N–H and O–H groups in total. The molecule has 0 spiro atoms. The maximum atomic E-state index is 14.0. The van der Waals surface area contributed by atoms with Crippen LogP contribution in [0.4, 0.5) is 15.8 Å². The Morgan fingerprint density at radius 2 is 1.89 bits per heavy atom. The summed E-state index contributed by atoms with van der Waals surface area (Å²) in [5.41, 5.74) is 1.64. The Morgan fingerprint density at radius 1 is 1.21 bits per heavy atom. The number of anilines is 2. The zero-order chi connectivity index (χ0) is 20.5. The second kappa shape index (κ2) is 7.71. The summed E-state index contributed by atoms with van der Waals surface area (Å²) in [5.74, 6) is -2.10. The molecular weight excluding hydrogens is 383 g/mol. The summed E-state index contributed by atoms with van der Waals surface area (Å²) in [5, 5.41) is 2.42. The molecule has 1 unspecified atom stereocenters. The molecule has 0 aromatic heterocycles. The van der Waals surface area contributed by atoms with Gasteiger partial charge >= 0.3 is 0 Å². The van der Waals surface area contributed by atoms with Gasteiger partial charge in [0.2, 0.25) is 11.8 Å². The summed E-state index contributed by atoms with van der Waals surface area (Å²) < 4.78 is 37.3. The first kappa shape index (κ1) is 20.0. The van der Waals surface area contributed by atoms with Crippen LogP contribution in [0.2, 0.25) is 0 Å². The second-order valence-corrected chi connectivity index (χ2v) is 8.84. The lowest BCUT2D eigenvalue weighted by Crippen LogP contribution is -2.28. The van der Waals surface area contributed by atoms with Gasteiger partial charge in [-0.3, -0.25) is 9.59 Å². The summed E-state index contributed by atoms with van der Waals surface area (Å²) in [6, 6.07) is 10.8. The largest absolute Gasteiger partial charge is 0.323 e. The fourth-order valence-electron chi connectivity index (χ4n) is 3.11. The topological polar surface area (TPSA) is 83.6 Å². The standard InChI is InChI=1S/C20H21FN2O4S/c1-3-13-4-6-15(7-5-13)23-12-14(10-19(23)24)20(25)22-18-11-16(28(2,26)27)8-9-17(18)21/h4-9,11,14H,3,10,12H2,1-2H3,(H,22,25). The Bertz CT molecular complexity index is 1020. The van der Waals surface area contributed by atoms with Crippen LogP contribution in [-0.4, -0.2) is 33.0 Å². The minimum Gasteiger partial charge on any atom is -0.323 e. The van der Waals surface area contributed by atoms with Crippen molar-refractivity contribution in [1.82, 2.24) is 0 Å². The van der Waals surface area contributed by atoms with Gasteiger partial charge < -0.3 is 10.2 Å². The molecule has 1 heterocycles. The number of halogens is 1. The first-order chi connectivity index (χ1) is 13.2. The Balaban J connectivity index is 1.74. The number of benzene rings is 2. The van der Waals surface area contributed by atoms with Gasteiger partial charge in [-0.05, 0) is 42.3 Å². The first-order valence-corrected chi connectivity index (χ1v) is 10.8. The Hall–Kier alpha value is -2.74. The summed E-state index contributed by atoms with van der Waals surface area (Å²) >= 11 is 0. The molecule has 0 radical (unpaired) electrons.